The molecule has 1 heterocycles. The predicted molar refractivity (Wildman–Crippen MR) is 68.9 cm³/mol. The Morgan fingerprint density at radius 2 is 2.22 bits per heavy atom. The smallest absolute Gasteiger partial charge is 0.234 e. The van der Waals surface area contributed by atoms with Gasteiger partial charge in [0, 0.05) is 26.2 Å². The number of hydrazine groups is 1. The summed E-state index contributed by atoms with van der Waals surface area (Å²) in [5.74, 6) is 0.0298. The van der Waals surface area contributed by atoms with E-state index >= 15 is 0 Å². The molecule has 0 saturated carbocycles. The van der Waals surface area contributed by atoms with Crippen LogP contribution in [0.15, 0.2) is 18.2 Å². The number of carbonyl (C=O) groups is 2. The van der Waals surface area contributed by atoms with E-state index in [1.165, 1.54) is 0 Å². The van der Waals surface area contributed by atoms with Crippen molar-refractivity contribution in [3.63, 3.8) is 0 Å². The average molecular weight is 247 g/mol. The Bertz CT molecular complexity index is 483. The van der Waals surface area contributed by atoms with Crippen molar-refractivity contribution in [1.29, 1.82) is 0 Å². The Balaban J connectivity index is 1.93. The number of hydrogen-bond donors (Lipinski definition) is 2. The number of benzene rings is 1. The summed E-state index contributed by atoms with van der Waals surface area (Å²) in [4.78, 5) is 22.7. The van der Waals surface area contributed by atoms with Crippen LogP contribution in [0.25, 0.3) is 0 Å². The van der Waals surface area contributed by atoms with E-state index in [9.17, 15) is 9.59 Å². The summed E-state index contributed by atoms with van der Waals surface area (Å²) in [6.45, 7) is 0. The maximum absolute atomic E-state index is 11.5. The van der Waals surface area contributed by atoms with Crippen LogP contribution in [0.3, 0.4) is 0 Å². The molecule has 2 amide bonds. The second kappa shape index (κ2) is 5.18. The lowest BCUT2D eigenvalue weighted by molar-refractivity contribution is -0.124. The molecule has 0 aliphatic carbocycles. The van der Waals surface area contributed by atoms with Crippen LogP contribution in [0.5, 0.6) is 0 Å². The highest BCUT2D eigenvalue weighted by Gasteiger charge is 2.17. The summed E-state index contributed by atoms with van der Waals surface area (Å²) in [7, 11) is 3.56. The maximum Gasteiger partial charge on any atom is 0.234 e. The van der Waals surface area contributed by atoms with Crippen molar-refractivity contribution in [3.05, 3.63) is 29.3 Å². The number of aryl methyl sites for hydroxylation is 1. The van der Waals surface area contributed by atoms with Crippen LogP contribution in [0.1, 0.15) is 17.5 Å². The molecule has 0 bridgehead atoms. The van der Waals surface area contributed by atoms with Crippen molar-refractivity contribution in [1.82, 2.24) is 10.4 Å². The van der Waals surface area contributed by atoms with Crippen LogP contribution in [-0.4, -0.2) is 30.9 Å². The summed E-state index contributed by atoms with van der Waals surface area (Å²) in [6, 6.07) is 5.85. The zero-order chi connectivity index (χ0) is 13.1. The highest BCUT2D eigenvalue weighted by atomic mass is 16.2. The molecular weight excluding hydrogens is 230 g/mol. The topological polar surface area (TPSA) is 61.4 Å². The summed E-state index contributed by atoms with van der Waals surface area (Å²) in [6.07, 6.45) is 1.56. The molecule has 1 aromatic carbocycles. The minimum atomic E-state index is -0.00491. The number of rotatable bonds is 4. The Morgan fingerprint density at radius 3 is 2.94 bits per heavy atom. The minimum absolute atomic E-state index is 0.00491. The van der Waals surface area contributed by atoms with Crippen molar-refractivity contribution < 1.29 is 9.59 Å². The monoisotopic (exact) mass is 247 g/mol. The van der Waals surface area contributed by atoms with Crippen LogP contribution in [0, 0.1) is 0 Å². The first-order valence-electron chi connectivity index (χ1n) is 5.93. The SMILES string of the molecule is CN(C)NC(=O)CCc1ccc2c(c1)CC(=O)N2. The van der Waals surface area contributed by atoms with Crippen LogP contribution in [0.2, 0.25) is 0 Å². The summed E-state index contributed by atoms with van der Waals surface area (Å²) in [5, 5.41) is 4.42. The molecule has 0 atom stereocenters. The Labute approximate surface area is 106 Å². The molecule has 0 aromatic heterocycles. The summed E-state index contributed by atoms with van der Waals surface area (Å²) < 4.78 is 0. The molecule has 0 fully saturated rings. The molecule has 5 heteroatoms. The quantitative estimate of drug-likeness (QED) is 0.770. The van der Waals surface area contributed by atoms with E-state index < -0.39 is 0 Å². The zero-order valence-electron chi connectivity index (χ0n) is 10.6. The average Bonchev–Trinajstić information content (AvgIpc) is 2.64. The van der Waals surface area contributed by atoms with E-state index in [-0.39, 0.29) is 11.8 Å². The molecule has 5 nitrogen and oxygen atoms in total. The van der Waals surface area contributed by atoms with Gasteiger partial charge in [-0.3, -0.25) is 15.0 Å². The molecule has 0 saturated heterocycles. The molecule has 0 spiro atoms. The number of fused-ring (bicyclic) bond motifs is 1. The highest BCUT2D eigenvalue weighted by Crippen LogP contribution is 2.24. The third-order valence-electron chi connectivity index (χ3n) is 2.78. The van der Waals surface area contributed by atoms with Gasteiger partial charge >= 0.3 is 0 Å². The minimum Gasteiger partial charge on any atom is -0.326 e. The normalized spacial score (nSPS) is 13.4. The summed E-state index contributed by atoms with van der Waals surface area (Å²) in [5.41, 5.74) is 5.69. The van der Waals surface area contributed by atoms with E-state index in [0.717, 1.165) is 16.8 Å². The lowest BCUT2D eigenvalue weighted by atomic mass is 10.0. The fourth-order valence-electron chi connectivity index (χ4n) is 2.00. The maximum atomic E-state index is 11.5. The van der Waals surface area contributed by atoms with Crippen molar-refractivity contribution in [2.24, 2.45) is 0 Å². The van der Waals surface area contributed by atoms with Gasteiger partial charge < -0.3 is 5.32 Å². The van der Waals surface area contributed by atoms with Gasteiger partial charge in [0.1, 0.15) is 0 Å². The second-order valence-electron chi connectivity index (χ2n) is 4.65. The molecule has 18 heavy (non-hydrogen) atoms. The number of amides is 2. The third-order valence-corrected chi connectivity index (χ3v) is 2.78. The molecule has 1 aliphatic heterocycles. The molecule has 1 aliphatic rings. The fourth-order valence-corrected chi connectivity index (χ4v) is 2.00. The molecule has 0 radical (unpaired) electrons. The van der Waals surface area contributed by atoms with Gasteiger partial charge in [0.15, 0.2) is 0 Å². The van der Waals surface area contributed by atoms with Gasteiger partial charge in [-0.05, 0) is 23.6 Å². The van der Waals surface area contributed by atoms with Crippen molar-refractivity contribution >= 4 is 17.5 Å². The van der Waals surface area contributed by atoms with Gasteiger partial charge in [-0.2, -0.15) is 0 Å². The van der Waals surface area contributed by atoms with Gasteiger partial charge in [0.2, 0.25) is 11.8 Å². The Morgan fingerprint density at radius 1 is 1.44 bits per heavy atom. The van der Waals surface area contributed by atoms with E-state index in [1.54, 1.807) is 19.1 Å². The molecule has 0 unspecified atom stereocenters. The van der Waals surface area contributed by atoms with E-state index in [1.807, 2.05) is 18.2 Å². The number of nitrogens with one attached hydrogen (secondary N) is 2. The predicted octanol–water partition coefficient (Wildman–Crippen LogP) is 0.707. The molecular formula is C13H17N3O2. The van der Waals surface area contributed by atoms with Crippen LogP contribution in [0.4, 0.5) is 5.69 Å². The number of hydrogen-bond acceptors (Lipinski definition) is 3. The van der Waals surface area contributed by atoms with Crippen molar-refractivity contribution in [2.75, 3.05) is 19.4 Å². The largest absolute Gasteiger partial charge is 0.326 e. The van der Waals surface area contributed by atoms with Gasteiger partial charge in [-0.25, -0.2) is 5.01 Å². The van der Waals surface area contributed by atoms with Crippen LogP contribution in [-0.2, 0) is 22.4 Å². The molecule has 96 valence electrons. The van der Waals surface area contributed by atoms with Crippen LogP contribution >= 0.6 is 0 Å². The first-order valence-corrected chi connectivity index (χ1v) is 5.93. The van der Waals surface area contributed by atoms with E-state index in [2.05, 4.69) is 10.7 Å². The number of nitrogens with zero attached hydrogens (tertiary/aromatic N) is 1. The van der Waals surface area contributed by atoms with Crippen LogP contribution < -0.4 is 10.7 Å². The highest BCUT2D eigenvalue weighted by molar-refractivity contribution is 5.99. The van der Waals surface area contributed by atoms with Gasteiger partial charge in [0.25, 0.3) is 0 Å². The summed E-state index contributed by atoms with van der Waals surface area (Å²) >= 11 is 0. The number of anilines is 1. The Hall–Kier alpha value is -1.88. The fraction of sp³-hybridized carbons (Fsp3) is 0.385. The van der Waals surface area contributed by atoms with Gasteiger partial charge in [0.05, 0.1) is 6.42 Å². The van der Waals surface area contributed by atoms with E-state index in [4.69, 9.17) is 0 Å². The van der Waals surface area contributed by atoms with Crippen molar-refractivity contribution in [3.8, 4) is 0 Å². The standard InChI is InChI=1S/C13H17N3O2/c1-16(2)15-12(17)6-4-9-3-5-11-10(7-9)8-13(18)14-11/h3,5,7H,4,6,8H2,1-2H3,(H,14,18)(H,15,17). The van der Waals surface area contributed by atoms with Crippen molar-refractivity contribution in [2.45, 2.75) is 19.3 Å². The third kappa shape index (κ3) is 3.07. The zero-order valence-corrected chi connectivity index (χ0v) is 10.6. The molecule has 2 rings (SSSR count). The molecule has 2 N–H and O–H groups in total. The molecule has 1 aromatic rings. The second-order valence-corrected chi connectivity index (χ2v) is 4.65. The Kier molecular flexibility index (Phi) is 3.62. The van der Waals surface area contributed by atoms with Gasteiger partial charge in [-0.1, -0.05) is 12.1 Å². The number of carbonyl (C=O) groups excluding carboxylic acids is 2. The van der Waals surface area contributed by atoms with Gasteiger partial charge in [-0.15, -0.1) is 0 Å². The lowest BCUT2D eigenvalue weighted by Gasteiger charge is -2.11. The lowest BCUT2D eigenvalue weighted by Crippen LogP contribution is -2.36. The first-order chi connectivity index (χ1) is 8.54. The first kappa shape index (κ1) is 12.6. The van der Waals surface area contributed by atoms with E-state index in [0.29, 0.717) is 19.3 Å².